The van der Waals surface area contributed by atoms with E-state index in [1.165, 1.54) is 0 Å². The van der Waals surface area contributed by atoms with E-state index < -0.39 is 0 Å². The molecule has 162 valence electrons. The lowest BCUT2D eigenvalue weighted by molar-refractivity contribution is -0.123. The standard InChI is InChI=1S/C25H27BrN2O3/c1-5-30-23-11-10-18-8-6-7-9-19(18)21(23)14-27-28-25(29)15-31-24-12-17(4)22(26)13-20(24)16(2)3/h6-14,16H,5,15H2,1-4H3,(H,28,29)/b27-14+. The van der Waals surface area contributed by atoms with E-state index in [0.717, 1.165) is 37.7 Å². The SMILES string of the molecule is CCOc1ccc2ccccc2c1/C=N/NC(=O)COc1cc(C)c(Br)cc1C(C)C. The zero-order valence-electron chi connectivity index (χ0n) is 18.2. The van der Waals surface area contributed by atoms with Crippen LogP contribution in [0.25, 0.3) is 10.8 Å². The summed E-state index contributed by atoms with van der Waals surface area (Å²) in [5.41, 5.74) is 5.48. The van der Waals surface area contributed by atoms with Gasteiger partial charge in [0.15, 0.2) is 6.61 Å². The molecule has 0 saturated heterocycles. The van der Waals surface area contributed by atoms with Gasteiger partial charge in [-0.1, -0.05) is 60.1 Å². The molecule has 5 nitrogen and oxygen atoms in total. The Morgan fingerprint density at radius 2 is 1.90 bits per heavy atom. The van der Waals surface area contributed by atoms with Gasteiger partial charge in [-0.2, -0.15) is 5.10 Å². The fourth-order valence-corrected chi connectivity index (χ4v) is 3.64. The zero-order chi connectivity index (χ0) is 22.4. The highest BCUT2D eigenvalue weighted by Crippen LogP contribution is 2.32. The molecule has 3 aromatic rings. The first-order valence-electron chi connectivity index (χ1n) is 10.3. The van der Waals surface area contributed by atoms with Gasteiger partial charge in [-0.25, -0.2) is 5.43 Å². The fraction of sp³-hybridized carbons (Fsp3) is 0.280. The minimum Gasteiger partial charge on any atom is -0.493 e. The number of benzene rings is 3. The summed E-state index contributed by atoms with van der Waals surface area (Å²) in [4.78, 5) is 12.3. The average molecular weight is 483 g/mol. The van der Waals surface area contributed by atoms with E-state index in [1.807, 2.05) is 62.4 Å². The van der Waals surface area contributed by atoms with E-state index in [0.29, 0.717) is 12.4 Å². The number of fused-ring (bicyclic) bond motifs is 1. The molecule has 0 spiro atoms. The van der Waals surface area contributed by atoms with Gasteiger partial charge in [-0.3, -0.25) is 4.79 Å². The van der Waals surface area contributed by atoms with E-state index in [1.54, 1.807) is 6.21 Å². The normalized spacial score (nSPS) is 11.3. The summed E-state index contributed by atoms with van der Waals surface area (Å²) in [6.45, 7) is 8.54. The van der Waals surface area contributed by atoms with Gasteiger partial charge in [0.2, 0.25) is 0 Å². The molecule has 0 heterocycles. The maximum absolute atomic E-state index is 12.3. The Morgan fingerprint density at radius 3 is 2.65 bits per heavy atom. The maximum atomic E-state index is 12.3. The summed E-state index contributed by atoms with van der Waals surface area (Å²) in [7, 11) is 0. The summed E-state index contributed by atoms with van der Waals surface area (Å²) in [6.07, 6.45) is 1.62. The van der Waals surface area contributed by atoms with E-state index in [9.17, 15) is 4.79 Å². The summed E-state index contributed by atoms with van der Waals surface area (Å²) >= 11 is 3.55. The Kier molecular flexibility index (Phi) is 7.69. The average Bonchev–Trinajstić information content (AvgIpc) is 2.75. The third kappa shape index (κ3) is 5.64. The molecule has 6 heteroatoms. The molecule has 1 amide bonds. The highest BCUT2D eigenvalue weighted by Gasteiger charge is 2.13. The third-order valence-electron chi connectivity index (χ3n) is 4.89. The van der Waals surface area contributed by atoms with Gasteiger partial charge in [-0.15, -0.1) is 0 Å². The molecule has 0 saturated carbocycles. The Balaban J connectivity index is 1.71. The van der Waals surface area contributed by atoms with Crippen molar-refractivity contribution in [3.05, 3.63) is 69.7 Å². The van der Waals surface area contributed by atoms with Gasteiger partial charge >= 0.3 is 0 Å². The minimum absolute atomic E-state index is 0.119. The van der Waals surface area contributed by atoms with Crippen molar-refractivity contribution in [3.8, 4) is 11.5 Å². The molecule has 0 radical (unpaired) electrons. The van der Waals surface area contributed by atoms with Crippen molar-refractivity contribution < 1.29 is 14.3 Å². The van der Waals surface area contributed by atoms with Crippen LogP contribution in [0.3, 0.4) is 0 Å². The van der Waals surface area contributed by atoms with Crippen molar-refractivity contribution >= 4 is 38.8 Å². The second-order valence-electron chi connectivity index (χ2n) is 7.51. The molecule has 0 fully saturated rings. The lowest BCUT2D eigenvalue weighted by Gasteiger charge is -2.15. The molecule has 1 N–H and O–H groups in total. The first kappa shape index (κ1) is 22.8. The van der Waals surface area contributed by atoms with Crippen molar-refractivity contribution in [2.75, 3.05) is 13.2 Å². The predicted molar refractivity (Wildman–Crippen MR) is 129 cm³/mol. The Bertz CT molecular complexity index is 1110. The second kappa shape index (κ2) is 10.4. The summed E-state index contributed by atoms with van der Waals surface area (Å²) in [5.74, 6) is 1.38. The smallest absolute Gasteiger partial charge is 0.277 e. The highest BCUT2D eigenvalue weighted by molar-refractivity contribution is 9.10. The maximum Gasteiger partial charge on any atom is 0.277 e. The Morgan fingerprint density at radius 1 is 1.13 bits per heavy atom. The first-order valence-corrected chi connectivity index (χ1v) is 11.1. The van der Waals surface area contributed by atoms with Crippen LogP contribution in [-0.2, 0) is 4.79 Å². The van der Waals surface area contributed by atoms with Crippen molar-refractivity contribution in [3.63, 3.8) is 0 Å². The van der Waals surface area contributed by atoms with Crippen LogP contribution in [0.2, 0.25) is 0 Å². The molecule has 0 aliphatic heterocycles. The molecule has 0 bridgehead atoms. The van der Waals surface area contributed by atoms with E-state index >= 15 is 0 Å². The quantitative estimate of drug-likeness (QED) is 0.318. The van der Waals surface area contributed by atoms with Crippen molar-refractivity contribution in [2.24, 2.45) is 5.10 Å². The number of rotatable bonds is 8. The molecule has 0 aliphatic carbocycles. The number of hydrogen-bond acceptors (Lipinski definition) is 4. The topological polar surface area (TPSA) is 59.9 Å². The second-order valence-corrected chi connectivity index (χ2v) is 8.36. The first-order chi connectivity index (χ1) is 14.9. The predicted octanol–water partition coefficient (Wildman–Crippen LogP) is 5.96. The number of carbonyl (C=O) groups excluding carboxylic acids is 1. The number of aryl methyl sites for hydroxylation is 1. The minimum atomic E-state index is -0.329. The van der Waals surface area contributed by atoms with E-state index in [2.05, 4.69) is 40.3 Å². The van der Waals surface area contributed by atoms with Crippen LogP contribution in [0, 0.1) is 6.92 Å². The molecule has 0 aliphatic rings. The molecule has 0 unspecified atom stereocenters. The third-order valence-corrected chi connectivity index (χ3v) is 5.74. The number of ether oxygens (including phenoxy) is 2. The lowest BCUT2D eigenvalue weighted by atomic mass is 10.0. The van der Waals surface area contributed by atoms with E-state index in [-0.39, 0.29) is 18.4 Å². The van der Waals surface area contributed by atoms with Gasteiger partial charge in [-0.05, 0) is 59.9 Å². The van der Waals surface area contributed by atoms with Crippen molar-refractivity contribution in [1.82, 2.24) is 5.43 Å². The number of hydrazone groups is 1. The number of amides is 1. The summed E-state index contributed by atoms with van der Waals surface area (Å²) in [5, 5.41) is 6.23. The molecular weight excluding hydrogens is 456 g/mol. The molecule has 0 aromatic heterocycles. The van der Waals surface area contributed by atoms with Crippen LogP contribution in [-0.4, -0.2) is 25.3 Å². The Labute approximate surface area is 191 Å². The van der Waals surface area contributed by atoms with Crippen LogP contribution in [0.5, 0.6) is 11.5 Å². The molecule has 0 atom stereocenters. The molecule has 3 aromatic carbocycles. The number of nitrogens with zero attached hydrogens (tertiary/aromatic N) is 1. The van der Waals surface area contributed by atoms with Gasteiger partial charge in [0, 0.05) is 10.0 Å². The summed E-state index contributed by atoms with van der Waals surface area (Å²) < 4.78 is 12.6. The number of halogens is 1. The number of nitrogens with one attached hydrogen (secondary N) is 1. The highest BCUT2D eigenvalue weighted by atomic mass is 79.9. The summed E-state index contributed by atoms with van der Waals surface area (Å²) in [6, 6.07) is 15.9. The van der Waals surface area contributed by atoms with Crippen molar-refractivity contribution in [2.45, 2.75) is 33.6 Å². The molecule has 3 rings (SSSR count). The number of hydrogen-bond donors (Lipinski definition) is 1. The van der Waals surface area contributed by atoms with Crippen molar-refractivity contribution in [1.29, 1.82) is 0 Å². The Hall–Kier alpha value is -2.86. The van der Waals surface area contributed by atoms with Crippen LogP contribution >= 0.6 is 15.9 Å². The monoisotopic (exact) mass is 482 g/mol. The van der Waals surface area contributed by atoms with Crippen LogP contribution in [0.1, 0.15) is 43.4 Å². The number of carbonyl (C=O) groups is 1. The van der Waals surface area contributed by atoms with Gasteiger partial charge < -0.3 is 9.47 Å². The van der Waals surface area contributed by atoms with Gasteiger partial charge in [0.1, 0.15) is 11.5 Å². The fourth-order valence-electron chi connectivity index (χ4n) is 3.28. The van der Waals surface area contributed by atoms with Crippen LogP contribution < -0.4 is 14.9 Å². The van der Waals surface area contributed by atoms with E-state index in [4.69, 9.17) is 9.47 Å². The van der Waals surface area contributed by atoms with Crippen LogP contribution in [0.4, 0.5) is 0 Å². The van der Waals surface area contributed by atoms with Crippen LogP contribution in [0.15, 0.2) is 58.1 Å². The molecular formula is C25H27BrN2O3. The van der Waals surface area contributed by atoms with Gasteiger partial charge in [0.05, 0.1) is 12.8 Å². The molecule has 31 heavy (non-hydrogen) atoms. The lowest BCUT2D eigenvalue weighted by Crippen LogP contribution is -2.25. The zero-order valence-corrected chi connectivity index (χ0v) is 19.8. The largest absolute Gasteiger partial charge is 0.493 e. The van der Waals surface area contributed by atoms with Gasteiger partial charge in [0.25, 0.3) is 5.91 Å².